The maximum absolute atomic E-state index is 6.86. The summed E-state index contributed by atoms with van der Waals surface area (Å²) in [5.74, 6) is 0.343. The third-order valence-electron chi connectivity index (χ3n) is 4.71. The predicted molar refractivity (Wildman–Crippen MR) is 89.1 cm³/mol. The van der Waals surface area contributed by atoms with E-state index in [4.69, 9.17) is 10.5 Å². The van der Waals surface area contributed by atoms with E-state index in [2.05, 4.69) is 34.4 Å². The highest BCUT2D eigenvalue weighted by Crippen LogP contribution is 2.36. The molecule has 5 heteroatoms. The van der Waals surface area contributed by atoms with Crippen molar-refractivity contribution < 1.29 is 4.74 Å². The standard InChI is InChI=1S/C17H24N4O/c1-21-10-8-14(9-11-21)17(18)15(12-19-16(20-17)22-2)13-6-4-3-5-7-13/h3-7,12,14H,8-11,18H2,1-2H3,(H,19,20). The van der Waals surface area contributed by atoms with Gasteiger partial charge in [-0.05, 0) is 38.5 Å². The van der Waals surface area contributed by atoms with Gasteiger partial charge in [-0.3, -0.25) is 0 Å². The Morgan fingerprint density at radius 3 is 2.59 bits per heavy atom. The van der Waals surface area contributed by atoms with E-state index in [-0.39, 0.29) is 0 Å². The molecular formula is C17H24N4O. The Bertz CT molecular complexity index is 576. The lowest BCUT2D eigenvalue weighted by Gasteiger charge is -2.45. The summed E-state index contributed by atoms with van der Waals surface area (Å²) in [5.41, 5.74) is 8.36. The average Bonchev–Trinajstić information content (AvgIpc) is 2.56. The minimum atomic E-state index is -0.643. The fraction of sp³-hybridized carbons (Fsp3) is 0.471. The summed E-state index contributed by atoms with van der Waals surface area (Å²) in [6.07, 6.45) is 3.96. The Morgan fingerprint density at radius 2 is 1.95 bits per heavy atom. The minimum Gasteiger partial charge on any atom is -0.468 e. The Morgan fingerprint density at radius 1 is 1.27 bits per heavy atom. The van der Waals surface area contributed by atoms with Crippen LogP contribution < -0.4 is 11.1 Å². The van der Waals surface area contributed by atoms with Gasteiger partial charge in [0.25, 0.3) is 6.02 Å². The zero-order valence-electron chi connectivity index (χ0n) is 13.2. The monoisotopic (exact) mass is 300 g/mol. The van der Waals surface area contributed by atoms with Gasteiger partial charge >= 0.3 is 0 Å². The molecule has 2 aliphatic rings. The first kappa shape index (κ1) is 15.1. The topological polar surface area (TPSA) is 62.9 Å². The van der Waals surface area contributed by atoms with E-state index in [0.29, 0.717) is 11.9 Å². The molecule has 1 aromatic carbocycles. The molecule has 2 heterocycles. The van der Waals surface area contributed by atoms with Crippen LogP contribution in [-0.2, 0) is 4.74 Å². The fourth-order valence-electron chi connectivity index (χ4n) is 3.33. The molecule has 1 atom stereocenters. The van der Waals surface area contributed by atoms with Crippen LogP contribution in [0.1, 0.15) is 18.4 Å². The molecule has 3 N–H and O–H groups in total. The van der Waals surface area contributed by atoms with Crippen LogP contribution in [0.15, 0.2) is 41.5 Å². The number of benzene rings is 1. The molecule has 0 saturated carbocycles. The molecule has 3 rings (SSSR count). The molecule has 2 aliphatic heterocycles. The second-order valence-electron chi connectivity index (χ2n) is 6.12. The molecule has 0 aromatic heterocycles. The zero-order valence-corrected chi connectivity index (χ0v) is 13.2. The van der Waals surface area contributed by atoms with Gasteiger partial charge in [-0.25, -0.2) is 4.99 Å². The Balaban J connectivity index is 1.96. The van der Waals surface area contributed by atoms with Gasteiger partial charge in [0.15, 0.2) is 0 Å². The fourth-order valence-corrected chi connectivity index (χ4v) is 3.33. The van der Waals surface area contributed by atoms with Crippen LogP contribution in [0, 0.1) is 5.92 Å². The lowest BCUT2D eigenvalue weighted by Crippen LogP contribution is -2.64. The van der Waals surface area contributed by atoms with E-state index in [1.165, 1.54) is 0 Å². The predicted octanol–water partition coefficient (Wildman–Crippen LogP) is 1.63. The minimum absolute atomic E-state index is 0.343. The molecule has 0 spiro atoms. The number of ether oxygens (including phenoxy) is 1. The molecule has 5 nitrogen and oxygen atoms in total. The molecule has 0 amide bonds. The summed E-state index contributed by atoms with van der Waals surface area (Å²) in [5, 5.41) is 3.33. The van der Waals surface area contributed by atoms with Crippen molar-refractivity contribution in [2.24, 2.45) is 16.6 Å². The van der Waals surface area contributed by atoms with Crippen molar-refractivity contribution >= 4 is 11.6 Å². The van der Waals surface area contributed by atoms with Crippen LogP contribution in [0.2, 0.25) is 0 Å². The maximum atomic E-state index is 6.86. The number of likely N-dealkylation sites (tertiary alicyclic amines) is 1. The largest absolute Gasteiger partial charge is 0.468 e. The number of hydrogen-bond donors (Lipinski definition) is 2. The average molecular weight is 300 g/mol. The molecule has 1 fully saturated rings. The SMILES string of the molecule is COC1=NC=C(c2ccccc2)C(N)(C2CCN(C)CC2)N1. The van der Waals surface area contributed by atoms with Gasteiger partial charge in [0.05, 0.1) is 7.11 Å². The number of rotatable bonds is 2. The number of piperidine rings is 1. The number of hydrogen-bond acceptors (Lipinski definition) is 5. The first-order valence-corrected chi connectivity index (χ1v) is 7.77. The van der Waals surface area contributed by atoms with Crippen LogP contribution >= 0.6 is 0 Å². The number of amidine groups is 1. The van der Waals surface area contributed by atoms with E-state index in [9.17, 15) is 0 Å². The van der Waals surface area contributed by atoms with E-state index >= 15 is 0 Å². The molecule has 0 bridgehead atoms. The highest BCUT2D eigenvalue weighted by molar-refractivity contribution is 5.86. The number of nitrogens with two attached hydrogens (primary N) is 1. The third-order valence-corrected chi connectivity index (χ3v) is 4.71. The summed E-state index contributed by atoms with van der Waals surface area (Å²) in [6.45, 7) is 2.12. The first-order chi connectivity index (χ1) is 10.6. The van der Waals surface area contributed by atoms with Crippen molar-refractivity contribution in [2.45, 2.75) is 18.5 Å². The number of aliphatic imine (C=N–C) groups is 1. The van der Waals surface area contributed by atoms with Crippen LogP contribution in [-0.4, -0.2) is 43.8 Å². The number of nitrogens with one attached hydrogen (secondary N) is 1. The van der Waals surface area contributed by atoms with Crippen molar-refractivity contribution in [2.75, 3.05) is 27.2 Å². The second kappa shape index (κ2) is 6.10. The van der Waals surface area contributed by atoms with Crippen molar-refractivity contribution in [1.82, 2.24) is 10.2 Å². The molecule has 22 heavy (non-hydrogen) atoms. The van der Waals surface area contributed by atoms with Crippen molar-refractivity contribution in [3.05, 3.63) is 42.1 Å². The Labute approximate surface area is 131 Å². The summed E-state index contributed by atoms with van der Waals surface area (Å²) in [6, 6.07) is 10.7. The number of methoxy groups -OCH3 is 1. The summed E-state index contributed by atoms with van der Waals surface area (Å²) >= 11 is 0. The molecule has 1 unspecified atom stereocenters. The zero-order chi connectivity index (χ0) is 15.6. The van der Waals surface area contributed by atoms with Gasteiger partial charge in [-0.2, -0.15) is 0 Å². The van der Waals surface area contributed by atoms with E-state index in [0.717, 1.165) is 37.1 Å². The van der Waals surface area contributed by atoms with E-state index < -0.39 is 5.66 Å². The van der Waals surface area contributed by atoms with Gasteiger partial charge in [0.1, 0.15) is 5.66 Å². The van der Waals surface area contributed by atoms with E-state index in [1.54, 1.807) is 7.11 Å². The molecule has 0 aliphatic carbocycles. The molecule has 118 valence electrons. The first-order valence-electron chi connectivity index (χ1n) is 7.77. The van der Waals surface area contributed by atoms with Gasteiger partial charge in [-0.15, -0.1) is 0 Å². The molecule has 1 aromatic rings. The van der Waals surface area contributed by atoms with Gasteiger partial charge in [0, 0.05) is 17.7 Å². The highest BCUT2D eigenvalue weighted by Gasteiger charge is 2.42. The molecule has 0 radical (unpaired) electrons. The van der Waals surface area contributed by atoms with E-state index in [1.807, 2.05) is 24.4 Å². The maximum Gasteiger partial charge on any atom is 0.290 e. The normalized spacial score (nSPS) is 26.9. The van der Waals surface area contributed by atoms with Crippen molar-refractivity contribution in [1.29, 1.82) is 0 Å². The lowest BCUT2D eigenvalue weighted by atomic mass is 9.77. The Hall–Kier alpha value is -1.85. The highest BCUT2D eigenvalue weighted by atomic mass is 16.5. The smallest absolute Gasteiger partial charge is 0.290 e. The van der Waals surface area contributed by atoms with Crippen LogP contribution in [0.25, 0.3) is 5.57 Å². The van der Waals surface area contributed by atoms with Crippen molar-refractivity contribution in [3.8, 4) is 0 Å². The summed E-state index contributed by atoms with van der Waals surface area (Å²) < 4.78 is 5.29. The Kier molecular flexibility index (Phi) is 4.18. The lowest BCUT2D eigenvalue weighted by molar-refractivity contribution is 0.161. The second-order valence-corrected chi connectivity index (χ2v) is 6.12. The van der Waals surface area contributed by atoms with Crippen molar-refractivity contribution in [3.63, 3.8) is 0 Å². The summed E-state index contributed by atoms with van der Waals surface area (Å²) in [7, 11) is 3.77. The summed E-state index contributed by atoms with van der Waals surface area (Å²) in [4.78, 5) is 6.69. The van der Waals surface area contributed by atoms with Crippen LogP contribution in [0.3, 0.4) is 0 Å². The van der Waals surface area contributed by atoms with Crippen LogP contribution in [0.4, 0.5) is 0 Å². The van der Waals surface area contributed by atoms with Crippen LogP contribution in [0.5, 0.6) is 0 Å². The number of nitrogens with zero attached hydrogens (tertiary/aromatic N) is 2. The quantitative estimate of drug-likeness (QED) is 0.871. The van der Waals surface area contributed by atoms with Gasteiger partial charge in [-0.1, -0.05) is 30.3 Å². The molecule has 1 saturated heterocycles. The third kappa shape index (κ3) is 2.74. The molecular weight excluding hydrogens is 276 g/mol. The van der Waals surface area contributed by atoms with Gasteiger partial charge < -0.3 is 20.7 Å². The van der Waals surface area contributed by atoms with Gasteiger partial charge in [0.2, 0.25) is 0 Å².